The molecule has 0 unspecified atom stereocenters. The Bertz CT molecular complexity index is 1100. The monoisotopic (exact) mass is 412 g/mol. The highest BCUT2D eigenvalue weighted by Gasteiger charge is 2.22. The summed E-state index contributed by atoms with van der Waals surface area (Å²) in [4.78, 5) is 1.83. The molecular formula is C25H28N6. The van der Waals surface area contributed by atoms with E-state index in [4.69, 9.17) is 0 Å². The van der Waals surface area contributed by atoms with E-state index in [-0.39, 0.29) is 0 Å². The molecule has 6 heteroatoms. The van der Waals surface area contributed by atoms with Crippen molar-refractivity contribution in [3.63, 3.8) is 0 Å². The summed E-state index contributed by atoms with van der Waals surface area (Å²) in [5.41, 5.74) is 5.23. The molecule has 0 saturated heterocycles. The third-order valence-electron chi connectivity index (χ3n) is 5.34. The molecule has 3 rings (SSSR count). The SMILES string of the molecule is CCCCCCc1cc(C#N)c(N(C)C)c(C#N)c1-c1cn(Cc2ccccc2)nn1. The van der Waals surface area contributed by atoms with Crippen molar-refractivity contribution in [1.82, 2.24) is 15.0 Å². The molecule has 1 aromatic heterocycles. The van der Waals surface area contributed by atoms with Gasteiger partial charge in [0.1, 0.15) is 17.8 Å². The Morgan fingerprint density at radius 3 is 2.45 bits per heavy atom. The molecule has 158 valence electrons. The molecule has 0 N–H and O–H groups in total. The molecular weight excluding hydrogens is 384 g/mol. The molecule has 0 aliphatic rings. The number of nitriles is 2. The predicted molar refractivity (Wildman–Crippen MR) is 123 cm³/mol. The highest BCUT2D eigenvalue weighted by atomic mass is 15.4. The summed E-state index contributed by atoms with van der Waals surface area (Å²) in [6.45, 7) is 2.79. The topological polar surface area (TPSA) is 81.5 Å². The third-order valence-corrected chi connectivity index (χ3v) is 5.34. The van der Waals surface area contributed by atoms with E-state index in [0.29, 0.717) is 29.1 Å². The average molecular weight is 413 g/mol. The van der Waals surface area contributed by atoms with Gasteiger partial charge in [0.15, 0.2) is 0 Å². The van der Waals surface area contributed by atoms with Crippen LogP contribution >= 0.6 is 0 Å². The van der Waals surface area contributed by atoms with Crippen molar-refractivity contribution in [3.8, 4) is 23.4 Å². The van der Waals surface area contributed by atoms with Crippen LogP contribution in [0.4, 0.5) is 5.69 Å². The van der Waals surface area contributed by atoms with Gasteiger partial charge < -0.3 is 4.90 Å². The van der Waals surface area contributed by atoms with Gasteiger partial charge in [-0.2, -0.15) is 10.5 Å². The van der Waals surface area contributed by atoms with Gasteiger partial charge in [-0.3, -0.25) is 0 Å². The minimum Gasteiger partial charge on any atom is -0.376 e. The van der Waals surface area contributed by atoms with Gasteiger partial charge in [-0.25, -0.2) is 4.68 Å². The first-order chi connectivity index (χ1) is 15.1. The molecule has 0 saturated carbocycles. The first kappa shape index (κ1) is 22.1. The van der Waals surface area contributed by atoms with Crippen LogP contribution in [0.2, 0.25) is 0 Å². The third kappa shape index (κ3) is 5.10. The lowest BCUT2D eigenvalue weighted by Gasteiger charge is -2.20. The smallest absolute Gasteiger partial charge is 0.114 e. The van der Waals surface area contributed by atoms with Gasteiger partial charge >= 0.3 is 0 Å². The second kappa shape index (κ2) is 10.4. The van der Waals surface area contributed by atoms with Crippen molar-refractivity contribution in [2.75, 3.05) is 19.0 Å². The number of unbranched alkanes of at least 4 members (excludes halogenated alkanes) is 3. The molecule has 0 amide bonds. The summed E-state index contributed by atoms with van der Waals surface area (Å²) < 4.78 is 1.79. The standard InChI is InChI=1S/C25H28N6/c1-4-5-6-10-13-20-14-21(15-26)25(30(2)3)22(16-27)24(20)23-18-31(29-28-23)17-19-11-8-7-9-12-19/h7-9,11-12,14,18H,4-6,10,13,17H2,1-3H3. The summed E-state index contributed by atoms with van der Waals surface area (Å²) in [5.74, 6) is 0. The Morgan fingerprint density at radius 1 is 1.03 bits per heavy atom. The van der Waals surface area contributed by atoms with Crippen LogP contribution in [0, 0.1) is 22.7 Å². The lowest BCUT2D eigenvalue weighted by atomic mass is 9.90. The van der Waals surface area contributed by atoms with Crippen molar-refractivity contribution >= 4 is 5.69 Å². The van der Waals surface area contributed by atoms with Crippen molar-refractivity contribution in [2.24, 2.45) is 0 Å². The number of anilines is 1. The highest BCUT2D eigenvalue weighted by Crippen LogP contribution is 2.36. The lowest BCUT2D eigenvalue weighted by Crippen LogP contribution is -2.14. The fourth-order valence-corrected chi connectivity index (χ4v) is 3.88. The summed E-state index contributed by atoms with van der Waals surface area (Å²) >= 11 is 0. The Hall–Kier alpha value is -3.64. The van der Waals surface area contributed by atoms with E-state index < -0.39 is 0 Å². The normalized spacial score (nSPS) is 10.5. The van der Waals surface area contributed by atoms with E-state index in [1.54, 1.807) is 4.68 Å². The number of rotatable bonds is 9. The summed E-state index contributed by atoms with van der Waals surface area (Å²) in [6.07, 6.45) is 7.16. The predicted octanol–water partition coefficient (Wildman–Crippen LogP) is 4.93. The van der Waals surface area contributed by atoms with Crippen molar-refractivity contribution in [1.29, 1.82) is 10.5 Å². The fraction of sp³-hybridized carbons (Fsp3) is 0.360. The number of benzene rings is 2. The van der Waals surface area contributed by atoms with Crippen LogP contribution < -0.4 is 4.90 Å². The number of aryl methyl sites for hydroxylation is 1. The van der Waals surface area contributed by atoms with E-state index in [1.807, 2.05) is 61.6 Å². The van der Waals surface area contributed by atoms with Crippen LogP contribution in [-0.2, 0) is 13.0 Å². The van der Waals surface area contributed by atoms with Gasteiger partial charge in [0.05, 0.1) is 29.6 Å². The largest absolute Gasteiger partial charge is 0.376 e. The lowest BCUT2D eigenvalue weighted by molar-refractivity contribution is 0.650. The van der Waals surface area contributed by atoms with Crippen LogP contribution in [0.5, 0.6) is 0 Å². The average Bonchev–Trinajstić information content (AvgIpc) is 3.23. The van der Waals surface area contributed by atoms with E-state index in [9.17, 15) is 10.5 Å². The van der Waals surface area contributed by atoms with Crippen LogP contribution in [0.1, 0.15) is 54.9 Å². The maximum atomic E-state index is 10.1. The van der Waals surface area contributed by atoms with Crippen LogP contribution in [-0.4, -0.2) is 29.1 Å². The van der Waals surface area contributed by atoms with E-state index in [0.717, 1.165) is 42.4 Å². The molecule has 6 nitrogen and oxygen atoms in total. The maximum absolute atomic E-state index is 10.1. The van der Waals surface area contributed by atoms with Crippen LogP contribution in [0.15, 0.2) is 42.6 Å². The number of hydrogen-bond donors (Lipinski definition) is 0. The summed E-state index contributed by atoms with van der Waals surface area (Å²) in [6, 6.07) is 16.6. The molecule has 0 radical (unpaired) electrons. The Morgan fingerprint density at radius 2 is 1.81 bits per heavy atom. The first-order valence-electron chi connectivity index (χ1n) is 10.7. The zero-order valence-electron chi connectivity index (χ0n) is 18.5. The Kier molecular flexibility index (Phi) is 7.40. The Balaban J connectivity index is 2.07. The Labute approximate surface area is 184 Å². The quantitative estimate of drug-likeness (QED) is 0.466. The van der Waals surface area contributed by atoms with Gasteiger partial charge in [0.2, 0.25) is 0 Å². The highest BCUT2D eigenvalue weighted by molar-refractivity contribution is 5.82. The molecule has 0 bridgehead atoms. The molecule has 31 heavy (non-hydrogen) atoms. The van der Waals surface area contributed by atoms with Gasteiger partial charge in [-0.15, -0.1) is 5.10 Å². The number of hydrogen-bond acceptors (Lipinski definition) is 5. The second-order valence-corrected chi connectivity index (χ2v) is 7.90. The van der Waals surface area contributed by atoms with Gasteiger partial charge in [-0.05, 0) is 30.0 Å². The molecule has 0 atom stereocenters. The fourth-order valence-electron chi connectivity index (χ4n) is 3.88. The first-order valence-corrected chi connectivity index (χ1v) is 10.7. The van der Waals surface area contributed by atoms with Crippen molar-refractivity contribution in [2.45, 2.75) is 45.6 Å². The minimum absolute atomic E-state index is 0.487. The van der Waals surface area contributed by atoms with Gasteiger partial charge in [0.25, 0.3) is 0 Å². The van der Waals surface area contributed by atoms with Gasteiger partial charge in [-0.1, -0.05) is 61.7 Å². The van der Waals surface area contributed by atoms with Crippen molar-refractivity contribution in [3.05, 3.63) is 64.8 Å². The zero-order valence-corrected chi connectivity index (χ0v) is 18.5. The molecule has 0 spiro atoms. The minimum atomic E-state index is 0.487. The molecule has 1 heterocycles. The van der Waals surface area contributed by atoms with E-state index in [2.05, 4.69) is 29.4 Å². The van der Waals surface area contributed by atoms with Crippen molar-refractivity contribution < 1.29 is 0 Å². The maximum Gasteiger partial charge on any atom is 0.114 e. The molecule has 3 aromatic rings. The zero-order chi connectivity index (χ0) is 22.2. The number of nitrogens with zero attached hydrogens (tertiary/aromatic N) is 6. The van der Waals surface area contributed by atoms with Crippen LogP contribution in [0.3, 0.4) is 0 Å². The molecule has 2 aromatic carbocycles. The molecule has 0 aliphatic carbocycles. The van der Waals surface area contributed by atoms with E-state index in [1.165, 1.54) is 6.42 Å². The second-order valence-electron chi connectivity index (χ2n) is 7.90. The summed E-state index contributed by atoms with van der Waals surface area (Å²) in [7, 11) is 3.71. The van der Waals surface area contributed by atoms with Gasteiger partial charge in [0, 0.05) is 19.7 Å². The van der Waals surface area contributed by atoms with E-state index >= 15 is 0 Å². The number of aromatic nitrogens is 3. The molecule has 0 aliphatic heterocycles. The summed E-state index contributed by atoms with van der Waals surface area (Å²) in [5, 5.41) is 28.5. The molecule has 0 fully saturated rings. The van der Waals surface area contributed by atoms with Crippen LogP contribution in [0.25, 0.3) is 11.3 Å².